The molecule has 0 amide bonds. The molecule has 0 atom stereocenters. The van der Waals surface area contributed by atoms with Gasteiger partial charge in [-0.2, -0.15) is 21.6 Å². The summed E-state index contributed by atoms with van der Waals surface area (Å²) in [7, 11) is -4.62. The highest BCUT2D eigenvalue weighted by atomic mass is 32.3. The molecule has 0 saturated heterocycles. The number of hydrogen-bond donors (Lipinski definition) is 0. The molecule has 1 aromatic carbocycles. The highest BCUT2D eigenvalue weighted by Gasteiger charge is 2.36. The van der Waals surface area contributed by atoms with E-state index in [0.717, 1.165) is 6.07 Å². The molecule has 0 aromatic heterocycles. The molecule has 106 valence electrons. The first-order chi connectivity index (χ1) is 8.68. The van der Waals surface area contributed by atoms with Crippen LogP contribution in [-0.2, 0) is 22.8 Å². The van der Waals surface area contributed by atoms with Gasteiger partial charge in [-0.15, -0.1) is 3.89 Å². The van der Waals surface area contributed by atoms with Crippen LogP contribution in [0, 0.1) is 0 Å². The summed E-state index contributed by atoms with van der Waals surface area (Å²) in [5.41, 5.74) is -0.236. The first-order valence-electron chi connectivity index (χ1n) is 5.55. The van der Waals surface area contributed by atoms with Crippen LogP contribution < -0.4 is 4.90 Å². The van der Waals surface area contributed by atoms with Gasteiger partial charge in [0.15, 0.2) is 0 Å². The minimum absolute atomic E-state index is 0.145. The second kappa shape index (κ2) is 4.66. The fraction of sp³-hybridized carbons (Fsp3) is 0.455. The standard InChI is InChI=1S/C11H11F4NO2S/c12-11(13,14)9-2-1-3-10-8(9)4-5-16(10)6-7-19(15,17)18/h1-3H,4-7H2. The molecule has 3 nitrogen and oxygen atoms in total. The van der Waals surface area contributed by atoms with Gasteiger partial charge in [-0.25, -0.2) is 0 Å². The summed E-state index contributed by atoms with van der Waals surface area (Å²) in [6.45, 7) is 0.116. The zero-order chi connectivity index (χ0) is 14.3. The number of alkyl halides is 3. The highest BCUT2D eigenvalue weighted by molar-refractivity contribution is 7.86. The molecule has 0 unspecified atom stereocenters. The molecular weight excluding hydrogens is 286 g/mol. The van der Waals surface area contributed by atoms with E-state index < -0.39 is 27.7 Å². The summed E-state index contributed by atoms with van der Waals surface area (Å²) in [4.78, 5) is 1.46. The van der Waals surface area contributed by atoms with E-state index in [-0.39, 0.29) is 25.1 Å². The quantitative estimate of drug-likeness (QED) is 0.635. The van der Waals surface area contributed by atoms with Gasteiger partial charge in [-0.1, -0.05) is 6.07 Å². The van der Waals surface area contributed by atoms with Crippen molar-refractivity contribution in [1.82, 2.24) is 0 Å². The maximum atomic E-state index is 12.8. The zero-order valence-electron chi connectivity index (χ0n) is 9.74. The van der Waals surface area contributed by atoms with Gasteiger partial charge < -0.3 is 4.90 Å². The Bertz CT molecular complexity index is 583. The lowest BCUT2D eigenvalue weighted by molar-refractivity contribution is -0.138. The van der Waals surface area contributed by atoms with Gasteiger partial charge in [0, 0.05) is 18.8 Å². The number of benzene rings is 1. The van der Waals surface area contributed by atoms with Crippen molar-refractivity contribution in [3.63, 3.8) is 0 Å². The van der Waals surface area contributed by atoms with E-state index in [2.05, 4.69) is 0 Å². The predicted octanol–water partition coefficient (Wildman–Crippen LogP) is 2.37. The van der Waals surface area contributed by atoms with Crippen molar-refractivity contribution >= 4 is 15.9 Å². The molecule has 2 rings (SSSR count). The lowest BCUT2D eigenvalue weighted by Gasteiger charge is -2.19. The normalized spacial score (nSPS) is 15.7. The third kappa shape index (κ3) is 3.17. The summed E-state index contributed by atoms with van der Waals surface area (Å²) in [6.07, 6.45) is -4.26. The van der Waals surface area contributed by atoms with Gasteiger partial charge in [0.1, 0.15) is 0 Å². The van der Waals surface area contributed by atoms with Gasteiger partial charge in [-0.05, 0) is 24.1 Å². The molecule has 0 N–H and O–H groups in total. The van der Waals surface area contributed by atoms with Crippen molar-refractivity contribution in [2.24, 2.45) is 0 Å². The van der Waals surface area contributed by atoms with Crippen LogP contribution in [0.3, 0.4) is 0 Å². The van der Waals surface area contributed by atoms with E-state index >= 15 is 0 Å². The van der Waals surface area contributed by atoms with Crippen LogP contribution in [0.1, 0.15) is 11.1 Å². The lowest BCUT2D eigenvalue weighted by atomic mass is 10.0. The zero-order valence-corrected chi connectivity index (χ0v) is 10.6. The first kappa shape index (κ1) is 14.1. The Morgan fingerprint density at radius 3 is 2.53 bits per heavy atom. The number of nitrogens with zero attached hydrogens (tertiary/aromatic N) is 1. The number of rotatable bonds is 3. The molecule has 0 radical (unpaired) electrons. The fourth-order valence-electron chi connectivity index (χ4n) is 2.22. The van der Waals surface area contributed by atoms with Gasteiger partial charge in [0.05, 0.1) is 11.3 Å². The van der Waals surface area contributed by atoms with Gasteiger partial charge in [-0.3, -0.25) is 0 Å². The average molecular weight is 297 g/mol. The Balaban J connectivity index is 2.26. The number of hydrogen-bond acceptors (Lipinski definition) is 3. The largest absolute Gasteiger partial charge is 0.416 e. The molecule has 19 heavy (non-hydrogen) atoms. The molecule has 1 aliphatic rings. The van der Waals surface area contributed by atoms with Crippen LogP contribution in [0.15, 0.2) is 18.2 Å². The molecule has 0 bridgehead atoms. The minimum Gasteiger partial charge on any atom is -0.370 e. The Hall–Kier alpha value is -1.31. The van der Waals surface area contributed by atoms with Crippen molar-refractivity contribution in [1.29, 1.82) is 0 Å². The summed E-state index contributed by atoms with van der Waals surface area (Å²) in [6, 6.07) is 3.75. The fourth-order valence-corrected chi connectivity index (χ4v) is 2.66. The van der Waals surface area contributed by atoms with Crippen molar-refractivity contribution in [2.75, 3.05) is 23.7 Å². The second-order valence-corrected chi connectivity index (χ2v) is 5.77. The molecule has 0 spiro atoms. The molecule has 1 heterocycles. The molecular formula is C11H11F4NO2S. The first-order valence-corrected chi connectivity index (χ1v) is 7.10. The Morgan fingerprint density at radius 2 is 1.95 bits per heavy atom. The molecule has 0 aliphatic carbocycles. The summed E-state index contributed by atoms with van der Waals surface area (Å²) < 4.78 is 71.7. The van der Waals surface area contributed by atoms with Crippen molar-refractivity contribution in [2.45, 2.75) is 12.6 Å². The van der Waals surface area contributed by atoms with Crippen LogP contribution in [0.5, 0.6) is 0 Å². The van der Waals surface area contributed by atoms with Crippen LogP contribution in [-0.4, -0.2) is 27.3 Å². The van der Waals surface area contributed by atoms with Gasteiger partial charge in [0.2, 0.25) is 0 Å². The van der Waals surface area contributed by atoms with E-state index in [1.807, 2.05) is 0 Å². The third-order valence-corrected chi connectivity index (χ3v) is 3.70. The number of fused-ring (bicyclic) bond motifs is 1. The molecule has 8 heteroatoms. The SMILES string of the molecule is O=S(=O)(F)CCN1CCc2c1cccc2C(F)(F)F. The molecule has 1 aromatic rings. The maximum Gasteiger partial charge on any atom is 0.416 e. The Labute approximate surface area is 108 Å². The minimum atomic E-state index is -4.62. The Morgan fingerprint density at radius 1 is 1.26 bits per heavy atom. The van der Waals surface area contributed by atoms with E-state index in [1.54, 1.807) is 0 Å². The average Bonchev–Trinajstić information content (AvgIpc) is 2.66. The van der Waals surface area contributed by atoms with Crippen molar-refractivity contribution in [3.05, 3.63) is 29.3 Å². The third-order valence-electron chi connectivity index (χ3n) is 3.03. The van der Waals surface area contributed by atoms with Crippen LogP contribution >= 0.6 is 0 Å². The molecule has 1 aliphatic heterocycles. The van der Waals surface area contributed by atoms with Crippen molar-refractivity contribution < 1.29 is 25.5 Å². The Kier molecular flexibility index (Phi) is 3.46. The maximum absolute atomic E-state index is 12.8. The highest BCUT2D eigenvalue weighted by Crippen LogP contribution is 2.39. The summed E-state index contributed by atoms with van der Waals surface area (Å²) >= 11 is 0. The topological polar surface area (TPSA) is 37.4 Å². The second-order valence-electron chi connectivity index (χ2n) is 4.28. The van der Waals surface area contributed by atoms with E-state index in [1.165, 1.54) is 17.0 Å². The monoisotopic (exact) mass is 297 g/mol. The summed E-state index contributed by atoms with van der Waals surface area (Å²) in [5.74, 6) is -0.720. The summed E-state index contributed by atoms with van der Waals surface area (Å²) in [5, 5.41) is 0. The predicted molar refractivity (Wildman–Crippen MR) is 62.3 cm³/mol. The van der Waals surface area contributed by atoms with Crippen LogP contribution in [0.4, 0.5) is 22.7 Å². The number of halogens is 4. The van der Waals surface area contributed by atoms with Gasteiger partial charge >= 0.3 is 16.4 Å². The van der Waals surface area contributed by atoms with Crippen molar-refractivity contribution in [3.8, 4) is 0 Å². The number of anilines is 1. The lowest BCUT2D eigenvalue weighted by Crippen LogP contribution is -2.26. The molecule has 0 fully saturated rings. The van der Waals surface area contributed by atoms with Crippen LogP contribution in [0.2, 0.25) is 0 Å². The van der Waals surface area contributed by atoms with Gasteiger partial charge in [0.25, 0.3) is 0 Å². The molecule has 0 saturated carbocycles. The van der Waals surface area contributed by atoms with E-state index in [9.17, 15) is 25.5 Å². The van der Waals surface area contributed by atoms with E-state index in [0.29, 0.717) is 5.69 Å². The van der Waals surface area contributed by atoms with E-state index in [4.69, 9.17) is 0 Å². The smallest absolute Gasteiger partial charge is 0.370 e. The van der Waals surface area contributed by atoms with Crippen LogP contribution in [0.25, 0.3) is 0 Å².